The number of hydrogen-bond donors (Lipinski definition) is 2. The van der Waals surface area contributed by atoms with Crippen molar-refractivity contribution in [1.29, 1.82) is 0 Å². The average molecular weight is 229 g/mol. The van der Waals surface area contributed by atoms with E-state index in [4.69, 9.17) is 22.1 Å². The van der Waals surface area contributed by atoms with Crippen LogP contribution in [0.15, 0.2) is 18.2 Å². The molecule has 0 bridgehead atoms. The lowest BCUT2D eigenvalue weighted by Gasteiger charge is -2.06. The van der Waals surface area contributed by atoms with E-state index in [9.17, 15) is 4.79 Å². The molecule has 1 aromatic carbocycles. The number of halogens is 1. The zero-order valence-electron chi connectivity index (χ0n) is 8.42. The summed E-state index contributed by atoms with van der Waals surface area (Å²) in [5.74, 6) is -0.210. The van der Waals surface area contributed by atoms with Crippen molar-refractivity contribution in [2.75, 3.05) is 24.3 Å². The Morgan fingerprint density at radius 1 is 1.60 bits per heavy atom. The van der Waals surface area contributed by atoms with E-state index in [1.165, 1.54) is 0 Å². The van der Waals surface area contributed by atoms with Gasteiger partial charge in [0.1, 0.15) is 6.61 Å². The molecule has 15 heavy (non-hydrogen) atoms. The molecule has 0 saturated carbocycles. The Labute approximate surface area is 93.4 Å². The van der Waals surface area contributed by atoms with Gasteiger partial charge in [-0.05, 0) is 25.1 Å². The highest BCUT2D eigenvalue weighted by atomic mass is 35.5. The first-order valence-corrected chi connectivity index (χ1v) is 4.94. The van der Waals surface area contributed by atoms with Crippen molar-refractivity contribution in [2.45, 2.75) is 6.92 Å². The van der Waals surface area contributed by atoms with E-state index in [1.54, 1.807) is 18.2 Å². The first-order chi connectivity index (χ1) is 7.13. The van der Waals surface area contributed by atoms with E-state index in [0.717, 1.165) is 0 Å². The van der Waals surface area contributed by atoms with E-state index in [0.29, 0.717) is 23.0 Å². The highest BCUT2D eigenvalue weighted by Crippen LogP contribution is 2.22. The Bertz CT molecular complexity index is 355. The Balaban J connectivity index is 2.57. The summed E-state index contributed by atoms with van der Waals surface area (Å²) in [6.45, 7) is 2.38. The molecule has 0 unspecified atom stereocenters. The number of benzene rings is 1. The number of amides is 1. The monoisotopic (exact) mass is 228 g/mol. The minimum Gasteiger partial charge on any atom is -0.397 e. The molecule has 0 saturated heterocycles. The summed E-state index contributed by atoms with van der Waals surface area (Å²) in [4.78, 5) is 11.3. The van der Waals surface area contributed by atoms with Crippen LogP contribution in [0.1, 0.15) is 6.92 Å². The summed E-state index contributed by atoms with van der Waals surface area (Å²) in [5.41, 5.74) is 6.63. The molecule has 82 valence electrons. The van der Waals surface area contributed by atoms with E-state index in [1.807, 2.05) is 6.92 Å². The average Bonchev–Trinajstić information content (AvgIpc) is 2.20. The maximum atomic E-state index is 11.3. The Hall–Kier alpha value is -1.26. The van der Waals surface area contributed by atoms with Crippen LogP contribution in [0.25, 0.3) is 0 Å². The summed E-state index contributed by atoms with van der Waals surface area (Å²) >= 11 is 5.74. The van der Waals surface area contributed by atoms with E-state index >= 15 is 0 Å². The van der Waals surface area contributed by atoms with Crippen molar-refractivity contribution < 1.29 is 9.53 Å². The molecule has 0 aromatic heterocycles. The molecule has 1 amide bonds. The summed E-state index contributed by atoms with van der Waals surface area (Å²) < 4.78 is 4.95. The number of nitrogens with two attached hydrogens (primary N) is 1. The summed E-state index contributed by atoms with van der Waals surface area (Å²) in [7, 11) is 0. The SMILES string of the molecule is CCOCC(=O)Nc1ccc(Cl)c(N)c1. The molecular weight excluding hydrogens is 216 g/mol. The zero-order chi connectivity index (χ0) is 11.3. The van der Waals surface area contributed by atoms with Gasteiger partial charge in [0.15, 0.2) is 0 Å². The lowest BCUT2D eigenvalue weighted by atomic mass is 10.3. The quantitative estimate of drug-likeness (QED) is 0.774. The van der Waals surface area contributed by atoms with Gasteiger partial charge in [0.25, 0.3) is 0 Å². The predicted octanol–water partition coefficient (Wildman–Crippen LogP) is 1.90. The number of carbonyl (C=O) groups is 1. The van der Waals surface area contributed by atoms with Crippen LogP contribution in [0.3, 0.4) is 0 Å². The van der Waals surface area contributed by atoms with Crippen molar-refractivity contribution in [1.82, 2.24) is 0 Å². The van der Waals surface area contributed by atoms with E-state index in [2.05, 4.69) is 5.32 Å². The number of ether oxygens (including phenoxy) is 1. The Morgan fingerprint density at radius 2 is 2.33 bits per heavy atom. The van der Waals surface area contributed by atoms with Gasteiger partial charge in [-0.2, -0.15) is 0 Å². The van der Waals surface area contributed by atoms with E-state index in [-0.39, 0.29) is 12.5 Å². The van der Waals surface area contributed by atoms with Crippen molar-refractivity contribution in [2.24, 2.45) is 0 Å². The zero-order valence-corrected chi connectivity index (χ0v) is 9.17. The maximum Gasteiger partial charge on any atom is 0.250 e. The van der Waals surface area contributed by atoms with Crippen LogP contribution in [-0.4, -0.2) is 19.1 Å². The van der Waals surface area contributed by atoms with Gasteiger partial charge < -0.3 is 15.8 Å². The number of nitrogen functional groups attached to an aromatic ring is 1. The van der Waals surface area contributed by atoms with Gasteiger partial charge in [0, 0.05) is 12.3 Å². The second-order valence-electron chi connectivity index (χ2n) is 2.92. The fraction of sp³-hybridized carbons (Fsp3) is 0.300. The summed E-state index contributed by atoms with van der Waals surface area (Å²) in [6, 6.07) is 4.92. The summed E-state index contributed by atoms with van der Waals surface area (Å²) in [6.07, 6.45) is 0. The molecule has 0 spiro atoms. The highest BCUT2D eigenvalue weighted by molar-refractivity contribution is 6.33. The lowest BCUT2D eigenvalue weighted by Crippen LogP contribution is -2.18. The fourth-order valence-electron chi connectivity index (χ4n) is 1.01. The number of hydrogen-bond acceptors (Lipinski definition) is 3. The van der Waals surface area contributed by atoms with Gasteiger partial charge in [-0.25, -0.2) is 0 Å². The first-order valence-electron chi connectivity index (χ1n) is 4.56. The molecule has 0 aliphatic heterocycles. The topological polar surface area (TPSA) is 64.3 Å². The van der Waals surface area contributed by atoms with Gasteiger partial charge in [0.05, 0.1) is 10.7 Å². The molecule has 0 heterocycles. The molecule has 0 aliphatic rings. The number of carbonyl (C=O) groups excluding carboxylic acids is 1. The van der Waals surface area contributed by atoms with E-state index < -0.39 is 0 Å². The normalized spacial score (nSPS) is 10.0. The van der Waals surface area contributed by atoms with Crippen molar-refractivity contribution in [3.8, 4) is 0 Å². The number of nitrogens with one attached hydrogen (secondary N) is 1. The van der Waals surface area contributed by atoms with Gasteiger partial charge >= 0.3 is 0 Å². The Kier molecular flexibility index (Phi) is 4.39. The van der Waals surface area contributed by atoms with Crippen LogP contribution in [0.2, 0.25) is 5.02 Å². The van der Waals surface area contributed by atoms with Gasteiger partial charge in [0.2, 0.25) is 5.91 Å². The molecular formula is C10H13ClN2O2. The van der Waals surface area contributed by atoms with Gasteiger partial charge in [-0.15, -0.1) is 0 Å². The smallest absolute Gasteiger partial charge is 0.250 e. The second kappa shape index (κ2) is 5.58. The fourth-order valence-corrected chi connectivity index (χ4v) is 1.13. The molecule has 0 atom stereocenters. The van der Waals surface area contributed by atoms with Crippen LogP contribution in [0.5, 0.6) is 0 Å². The van der Waals surface area contributed by atoms with Crippen molar-refractivity contribution >= 4 is 28.9 Å². The minimum absolute atomic E-state index is 0.0407. The molecule has 4 nitrogen and oxygen atoms in total. The van der Waals surface area contributed by atoms with Crippen LogP contribution < -0.4 is 11.1 Å². The maximum absolute atomic E-state index is 11.3. The second-order valence-corrected chi connectivity index (χ2v) is 3.33. The molecule has 0 aliphatic carbocycles. The number of anilines is 2. The molecule has 0 radical (unpaired) electrons. The highest BCUT2D eigenvalue weighted by Gasteiger charge is 2.03. The molecule has 3 N–H and O–H groups in total. The van der Waals surface area contributed by atoms with Crippen LogP contribution in [-0.2, 0) is 9.53 Å². The van der Waals surface area contributed by atoms with Crippen LogP contribution in [0.4, 0.5) is 11.4 Å². The Morgan fingerprint density at radius 3 is 2.93 bits per heavy atom. The first kappa shape index (κ1) is 11.8. The molecule has 1 rings (SSSR count). The molecule has 0 fully saturated rings. The van der Waals surface area contributed by atoms with Crippen LogP contribution >= 0.6 is 11.6 Å². The third kappa shape index (κ3) is 3.77. The standard InChI is InChI=1S/C10H13ClN2O2/c1-2-15-6-10(14)13-7-3-4-8(11)9(12)5-7/h3-5H,2,6,12H2,1H3,(H,13,14). The van der Waals surface area contributed by atoms with Crippen LogP contribution in [0, 0.1) is 0 Å². The molecule has 1 aromatic rings. The van der Waals surface area contributed by atoms with Crippen molar-refractivity contribution in [3.63, 3.8) is 0 Å². The lowest BCUT2D eigenvalue weighted by molar-refractivity contribution is -0.120. The third-order valence-corrected chi connectivity index (χ3v) is 2.06. The van der Waals surface area contributed by atoms with Crippen molar-refractivity contribution in [3.05, 3.63) is 23.2 Å². The van der Waals surface area contributed by atoms with Gasteiger partial charge in [-0.1, -0.05) is 11.6 Å². The third-order valence-electron chi connectivity index (χ3n) is 1.72. The minimum atomic E-state index is -0.210. The predicted molar refractivity (Wildman–Crippen MR) is 61.0 cm³/mol. The summed E-state index contributed by atoms with van der Waals surface area (Å²) in [5, 5.41) is 3.11. The largest absolute Gasteiger partial charge is 0.397 e. The molecule has 5 heteroatoms. The van der Waals surface area contributed by atoms with Gasteiger partial charge in [-0.3, -0.25) is 4.79 Å². The number of rotatable bonds is 4.